The Bertz CT molecular complexity index is 687. The number of likely N-dealkylation sites (tertiary alicyclic amines) is 2. The van der Waals surface area contributed by atoms with Gasteiger partial charge in [0.2, 0.25) is 5.91 Å². The summed E-state index contributed by atoms with van der Waals surface area (Å²) in [5.41, 5.74) is 2.66. The average molecular weight is 370 g/mol. The number of hydrogen-bond acceptors (Lipinski definition) is 3. The molecule has 1 aromatic rings. The molecule has 3 heterocycles. The molecule has 3 aliphatic heterocycles. The Hall–Kier alpha value is -2.08. The van der Waals surface area contributed by atoms with Crippen molar-refractivity contribution in [1.82, 2.24) is 20.4 Å². The minimum atomic E-state index is -0.0934. The maximum Gasteiger partial charge on any atom is 0.320 e. The summed E-state index contributed by atoms with van der Waals surface area (Å²) in [7, 11) is 0. The molecule has 0 radical (unpaired) electrons. The van der Waals surface area contributed by atoms with Crippen molar-refractivity contribution in [2.24, 2.45) is 5.92 Å². The highest BCUT2D eigenvalue weighted by molar-refractivity contribution is 5.81. The average Bonchev–Trinajstić information content (AvgIpc) is 3.26. The molecule has 6 heteroatoms. The van der Waals surface area contributed by atoms with Gasteiger partial charge in [0.1, 0.15) is 0 Å². The van der Waals surface area contributed by atoms with Crippen molar-refractivity contribution in [2.45, 2.75) is 38.1 Å². The molecule has 4 rings (SSSR count). The second kappa shape index (κ2) is 8.30. The number of amides is 3. The predicted molar refractivity (Wildman–Crippen MR) is 104 cm³/mol. The highest BCUT2D eigenvalue weighted by Crippen LogP contribution is 2.23. The molecule has 0 spiro atoms. The van der Waals surface area contributed by atoms with E-state index >= 15 is 0 Å². The molecule has 3 aliphatic rings. The lowest BCUT2D eigenvalue weighted by Gasteiger charge is -2.35. The van der Waals surface area contributed by atoms with Crippen LogP contribution in [0.5, 0.6) is 0 Å². The van der Waals surface area contributed by atoms with E-state index in [1.807, 2.05) is 9.80 Å². The fourth-order valence-electron chi connectivity index (χ4n) is 4.60. The Kier molecular flexibility index (Phi) is 5.62. The normalized spacial score (nSPS) is 25.2. The SMILES string of the molecule is O=C(NCC1NCCc2ccccc21)C1CCCN(C(=O)N2CCCC2)C1. The Balaban J connectivity index is 1.31. The van der Waals surface area contributed by atoms with Crippen molar-refractivity contribution in [2.75, 3.05) is 39.3 Å². The van der Waals surface area contributed by atoms with Crippen LogP contribution in [0.1, 0.15) is 42.9 Å². The van der Waals surface area contributed by atoms with Crippen LogP contribution in [0.25, 0.3) is 0 Å². The number of piperidine rings is 1. The van der Waals surface area contributed by atoms with Crippen molar-refractivity contribution in [3.63, 3.8) is 0 Å². The summed E-state index contributed by atoms with van der Waals surface area (Å²) in [6.07, 6.45) is 5.00. The zero-order valence-electron chi connectivity index (χ0n) is 16.0. The molecular formula is C21H30N4O2. The number of nitrogens with zero attached hydrogens (tertiary/aromatic N) is 2. The summed E-state index contributed by atoms with van der Waals surface area (Å²) < 4.78 is 0. The van der Waals surface area contributed by atoms with Gasteiger partial charge in [-0.2, -0.15) is 0 Å². The first-order valence-corrected chi connectivity index (χ1v) is 10.3. The molecule has 2 atom stereocenters. The number of carbonyl (C=O) groups is 2. The molecule has 6 nitrogen and oxygen atoms in total. The van der Waals surface area contributed by atoms with Crippen molar-refractivity contribution in [3.05, 3.63) is 35.4 Å². The van der Waals surface area contributed by atoms with Crippen molar-refractivity contribution >= 4 is 11.9 Å². The third-order valence-electron chi connectivity index (χ3n) is 6.14. The summed E-state index contributed by atoms with van der Waals surface area (Å²) in [6, 6.07) is 8.75. The van der Waals surface area contributed by atoms with E-state index in [1.54, 1.807) is 0 Å². The molecule has 0 aromatic heterocycles. The summed E-state index contributed by atoms with van der Waals surface area (Å²) in [4.78, 5) is 29.2. The number of carbonyl (C=O) groups excluding carboxylic acids is 2. The van der Waals surface area contributed by atoms with E-state index in [4.69, 9.17) is 0 Å². The van der Waals surface area contributed by atoms with E-state index in [2.05, 4.69) is 34.9 Å². The highest BCUT2D eigenvalue weighted by atomic mass is 16.2. The van der Waals surface area contributed by atoms with Crippen LogP contribution in [0.3, 0.4) is 0 Å². The van der Waals surface area contributed by atoms with Crippen LogP contribution in [0, 0.1) is 5.92 Å². The lowest BCUT2D eigenvalue weighted by Crippen LogP contribution is -2.50. The van der Waals surface area contributed by atoms with Gasteiger partial charge in [0.05, 0.1) is 5.92 Å². The number of fused-ring (bicyclic) bond motifs is 1. The molecule has 0 bridgehead atoms. The van der Waals surface area contributed by atoms with Crippen LogP contribution in [0.15, 0.2) is 24.3 Å². The fourth-order valence-corrected chi connectivity index (χ4v) is 4.60. The smallest absolute Gasteiger partial charge is 0.320 e. The monoisotopic (exact) mass is 370 g/mol. The van der Waals surface area contributed by atoms with E-state index in [0.29, 0.717) is 13.1 Å². The zero-order valence-corrected chi connectivity index (χ0v) is 16.0. The maximum absolute atomic E-state index is 12.8. The van der Waals surface area contributed by atoms with E-state index < -0.39 is 0 Å². The van der Waals surface area contributed by atoms with Gasteiger partial charge in [-0.1, -0.05) is 24.3 Å². The summed E-state index contributed by atoms with van der Waals surface area (Å²) in [5.74, 6) is -0.0112. The van der Waals surface area contributed by atoms with Gasteiger partial charge in [-0.15, -0.1) is 0 Å². The highest BCUT2D eigenvalue weighted by Gasteiger charge is 2.32. The summed E-state index contributed by atoms with van der Waals surface area (Å²) in [5, 5.41) is 6.65. The van der Waals surface area contributed by atoms with Gasteiger partial charge in [0.25, 0.3) is 0 Å². The molecule has 2 N–H and O–H groups in total. The lowest BCUT2D eigenvalue weighted by atomic mass is 9.93. The largest absolute Gasteiger partial charge is 0.354 e. The maximum atomic E-state index is 12.8. The number of urea groups is 1. The first-order chi connectivity index (χ1) is 13.2. The Morgan fingerprint density at radius 1 is 1.07 bits per heavy atom. The lowest BCUT2D eigenvalue weighted by molar-refractivity contribution is -0.126. The first-order valence-electron chi connectivity index (χ1n) is 10.3. The van der Waals surface area contributed by atoms with Crippen molar-refractivity contribution in [3.8, 4) is 0 Å². The molecule has 0 saturated carbocycles. The van der Waals surface area contributed by atoms with Crippen LogP contribution in [0.4, 0.5) is 4.79 Å². The molecular weight excluding hydrogens is 340 g/mol. The fraction of sp³-hybridized carbons (Fsp3) is 0.619. The molecule has 2 fully saturated rings. The minimum absolute atomic E-state index is 0.0822. The van der Waals surface area contributed by atoms with E-state index in [-0.39, 0.29) is 23.9 Å². The predicted octanol–water partition coefficient (Wildman–Crippen LogP) is 1.92. The van der Waals surface area contributed by atoms with E-state index in [0.717, 1.165) is 58.3 Å². The van der Waals surface area contributed by atoms with Crippen LogP contribution in [0.2, 0.25) is 0 Å². The number of hydrogen-bond donors (Lipinski definition) is 2. The van der Waals surface area contributed by atoms with Crippen LogP contribution in [-0.4, -0.2) is 61.0 Å². The molecule has 146 valence electrons. The standard InChI is InChI=1S/C21H30N4O2/c26-20(23-14-19-18-8-2-1-6-16(18)9-10-22-19)17-7-5-13-25(15-17)21(27)24-11-3-4-12-24/h1-2,6,8,17,19,22H,3-5,7,9-15H2,(H,23,26). The summed E-state index contributed by atoms with van der Waals surface area (Å²) >= 11 is 0. The zero-order chi connectivity index (χ0) is 18.6. The second-order valence-electron chi connectivity index (χ2n) is 7.96. The Morgan fingerprint density at radius 2 is 1.85 bits per heavy atom. The van der Waals surface area contributed by atoms with Crippen molar-refractivity contribution < 1.29 is 9.59 Å². The second-order valence-corrected chi connectivity index (χ2v) is 7.96. The van der Waals surface area contributed by atoms with Gasteiger partial charge >= 0.3 is 6.03 Å². The third kappa shape index (κ3) is 4.10. The van der Waals surface area contributed by atoms with Gasteiger partial charge < -0.3 is 20.4 Å². The van der Waals surface area contributed by atoms with E-state index in [9.17, 15) is 9.59 Å². The molecule has 0 aliphatic carbocycles. The Labute approximate surface area is 161 Å². The van der Waals surface area contributed by atoms with Gasteiger partial charge in [-0.05, 0) is 49.8 Å². The van der Waals surface area contributed by atoms with Crippen LogP contribution >= 0.6 is 0 Å². The minimum Gasteiger partial charge on any atom is -0.354 e. The molecule has 3 amide bonds. The molecule has 2 unspecified atom stereocenters. The van der Waals surface area contributed by atoms with Gasteiger partial charge in [-0.3, -0.25) is 4.79 Å². The topological polar surface area (TPSA) is 64.7 Å². The molecule has 27 heavy (non-hydrogen) atoms. The quantitative estimate of drug-likeness (QED) is 0.854. The van der Waals surface area contributed by atoms with Crippen LogP contribution < -0.4 is 10.6 Å². The first kappa shape index (κ1) is 18.3. The van der Waals surface area contributed by atoms with Crippen LogP contribution in [-0.2, 0) is 11.2 Å². The number of rotatable bonds is 3. The molecule has 1 aromatic carbocycles. The van der Waals surface area contributed by atoms with Gasteiger partial charge in [-0.25, -0.2) is 4.79 Å². The third-order valence-corrected chi connectivity index (χ3v) is 6.14. The number of nitrogens with one attached hydrogen (secondary N) is 2. The number of benzene rings is 1. The molecule has 2 saturated heterocycles. The summed E-state index contributed by atoms with van der Waals surface area (Å²) in [6.45, 7) is 4.59. The Morgan fingerprint density at radius 3 is 2.70 bits per heavy atom. The van der Waals surface area contributed by atoms with Crippen molar-refractivity contribution in [1.29, 1.82) is 0 Å². The van der Waals surface area contributed by atoms with E-state index in [1.165, 1.54) is 11.1 Å². The van der Waals surface area contributed by atoms with Gasteiger partial charge in [0, 0.05) is 38.8 Å². The van der Waals surface area contributed by atoms with Gasteiger partial charge in [0.15, 0.2) is 0 Å².